The van der Waals surface area contributed by atoms with Gasteiger partial charge in [0, 0.05) is 31.7 Å². The first-order chi connectivity index (χ1) is 7.20. The van der Waals surface area contributed by atoms with E-state index < -0.39 is 0 Å². The predicted octanol–water partition coefficient (Wildman–Crippen LogP) is 0.783. The minimum Gasteiger partial charge on any atom is -0.395 e. The van der Waals surface area contributed by atoms with Gasteiger partial charge in [0.05, 0.1) is 6.61 Å². The van der Waals surface area contributed by atoms with Gasteiger partial charge < -0.3 is 5.11 Å². The molecule has 3 heteroatoms. The van der Waals surface area contributed by atoms with Crippen LogP contribution in [-0.2, 0) is 0 Å². The van der Waals surface area contributed by atoms with E-state index in [1.54, 1.807) is 0 Å². The number of hydrogen-bond donors (Lipinski definition) is 1. The zero-order valence-corrected chi connectivity index (χ0v) is 10.0. The topological polar surface area (TPSA) is 26.7 Å². The number of rotatable bonds is 5. The van der Waals surface area contributed by atoms with Gasteiger partial charge in [-0.3, -0.25) is 9.80 Å². The number of likely N-dealkylation sites (tertiary alicyclic amines) is 2. The fourth-order valence-electron chi connectivity index (χ4n) is 2.93. The molecule has 2 aliphatic rings. The third-order valence-electron chi connectivity index (χ3n) is 3.85. The Labute approximate surface area is 93.1 Å². The Morgan fingerprint density at radius 3 is 2.20 bits per heavy atom. The van der Waals surface area contributed by atoms with Crippen molar-refractivity contribution >= 4 is 0 Å². The second-order valence-corrected chi connectivity index (χ2v) is 5.44. The van der Waals surface area contributed by atoms with Crippen molar-refractivity contribution in [2.75, 3.05) is 32.8 Å². The van der Waals surface area contributed by atoms with Crippen LogP contribution in [0.2, 0.25) is 0 Å². The summed E-state index contributed by atoms with van der Waals surface area (Å²) in [5, 5.41) is 8.94. The van der Waals surface area contributed by atoms with E-state index in [1.165, 1.54) is 32.5 Å². The Balaban J connectivity index is 1.76. The van der Waals surface area contributed by atoms with Crippen molar-refractivity contribution in [1.82, 2.24) is 9.80 Å². The van der Waals surface area contributed by atoms with E-state index in [0.29, 0.717) is 6.61 Å². The largest absolute Gasteiger partial charge is 0.395 e. The Bertz CT molecular complexity index is 208. The van der Waals surface area contributed by atoms with Gasteiger partial charge >= 0.3 is 0 Å². The zero-order valence-electron chi connectivity index (χ0n) is 10.0. The summed E-state index contributed by atoms with van der Waals surface area (Å²) in [4.78, 5) is 5.11. The van der Waals surface area contributed by atoms with Gasteiger partial charge in [0.15, 0.2) is 0 Å². The summed E-state index contributed by atoms with van der Waals surface area (Å²) in [5.41, 5.74) is 0. The summed E-state index contributed by atoms with van der Waals surface area (Å²) in [6.45, 7) is 9.47. The lowest BCUT2D eigenvalue weighted by molar-refractivity contribution is 0.106. The molecule has 2 aliphatic heterocycles. The molecule has 2 rings (SSSR count). The standard InChI is InChI=1S/C12H24N2O/c1-10(2)3-4-13-8-12-7-11(13)9-14(12)5-6-15/h10-12,15H,3-9H2,1-2H3/t11?,12-/m0/s1. The average molecular weight is 212 g/mol. The highest BCUT2D eigenvalue weighted by Crippen LogP contribution is 2.30. The number of aliphatic hydroxyl groups excluding tert-OH is 1. The average Bonchev–Trinajstić information content (AvgIpc) is 2.74. The second-order valence-electron chi connectivity index (χ2n) is 5.44. The third kappa shape index (κ3) is 2.52. The number of nitrogens with zero attached hydrogens (tertiary/aromatic N) is 2. The van der Waals surface area contributed by atoms with Crippen molar-refractivity contribution in [3.63, 3.8) is 0 Å². The van der Waals surface area contributed by atoms with Crippen molar-refractivity contribution in [3.8, 4) is 0 Å². The number of β-amino-alcohol motifs (C(OH)–C–C–N with tert-alkyl or cyclic N) is 1. The summed E-state index contributed by atoms with van der Waals surface area (Å²) >= 11 is 0. The molecule has 15 heavy (non-hydrogen) atoms. The maximum absolute atomic E-state index is 8.94. The van der Waals surface area contributed by atoms with E-state index in [4.69, 9.17) is 5.11 Å². The van der Waals surface area contributed by atoms with Crippen molar-refractivity contribution in [2.24, 2.45) is 5.92 Å². The first-order valence-electron chi connectivity index (χ1n) is 6.29. The lowest BCUT2D eigenvalue weighted by atomic mass is 10.1. The van der Waals surface area contributed by atoms with Gasteiger partial charge in [-0.25, -0.2) is 0 Å². The van der Waals surface area contributed by atoms with Crippen LogP contribution in [0.15, 0.2) is 0 Å². The maximum Gasteiger partial charge on any atom is 0.0558 e. The molecule has 88 valence electrons. The predicted molar refractivity (Wildman–Crippen MR) is 61.9 cm³/mol. The van der Waals surface area contributed by atoms with Gasteiger partial charge in [-0.15, -0.1) is 0 Å². The monoisotopic (exact) mass is 212 g/mol. The highest BCUT2D eigenvalue weighted by Gasteiger charge is 2.42. The van der Waals surface area contributed by atoms with E-state index in [-0.39, 0.29) is 0 Å². The van der Waals surface area contributed by atoms with Crippen LogP contribution in [0, 0.1) is 5.92 Å². The van der Waals surface area contributed by atoms with Crippen LogP contribution in [-0.4, -0.2) is 59.8 Å². The van der Waals surface area contributed by atoms with Crippen molar-refractivity contribution in [1.29, 1.82) is 0 Å². The minimum absolute atomic E-state index is 0.315. The van der Waals surface area contributed by atoms with Crippen LogP contribution in [0.1, 0.15) is 26.7 Å². The summed E-state index contributed by atoms with van der Waals surface area (Å²) in [7, 11) is 0. The molecule has 0 aromatic rings. The molecule has 2 saturated heterocycles. The molecule has 2 atom stereocenters. The number of aliphatic hydroxyl groups is 1. The molecule has 1 N–H and O–H groups in total. The van der Waals surface area contributed by atoms with Crippen LogP contribution in [0.5, 0.6) is 0 Å². The van der Waals surface area contributed by atoms with Gasteiger partial charge in [-0.05, 0) is 25.3 Å². The molecule has 0 aromatic carbocycles. The molecule has 3 nitrogen and oxygen atoms in total. The lowest BCUT2D eigenvalue weighted by Gasteiger charge is -2.34. The Morgan fingerprint density at radius 1 is 1.13 bits per heavy atom. The van der Waals surface area contributed by atoms with Crippen molar-refractivity contribution in [2.45, 2.75) is 38.8 Å². The molecule has 1 unspecified atom stereocenters. The molecule has 0 amide bonds. The molecule has 0 saturated carbocycles. The van der Waals surface area contributed by atoms with E-state index in [1.807, 2.05) is 0 Å². The number of hydrogen-bond acceptors (Lipinski definition) is 3. The summed E-state index contributed by atoms with van der Waals surface area (Å²) in [5.74, 6) is 0.817. The minimum atomic E-state index is 0.315. The fraction of sp³-hybridized carbons (Fsp3) is 1.00. The molecule has 0 spiro atoms. The van der Waals surface area contributed by atoms with Crippen LogP contribution < -0.4 is 0 Å². The Kier molecular flexibility index (Phi) is 3.65. The quantitative estimate of drug-likeness (QED) is 0.729. The molecule has 2 fully saturated rings. The Hall–Kier alpha value is -0.120. The lowest BCUT2D eigenvalue weighted by Crippen LogP contribution is -2.47. The van der Waals surface area contributed by atoms with Gasteiger partial charge in [0.2, 0.25) is 0 Å². The SMILES string of the molecule is CC(C)CCN1C[C@@H]2CC1CN2CCO. The van der Waals surface area contributed by atoms with Gasteiger partial charge in [-0.2, -0.15) is 0 Å². The smallest absolute Gasteiger partial charge is 0.0558 e. The first-order valence-corrected chi connectivity index (χ1v) is 6.29. The normalized spacial score (nSPS) is 32.0. The van der Waals surface area contributed by atoms with Crippen LogP contribution in [0.3, 0.4) is 0 Å². The molecular formula is C12H24N2O. The van der Waals surface area contributed by atoms with E-state index >= 15 is 0 Å². The van der Waals surface area contributed by atoms with Crippen molar-refractivity contribution < 1.29 is 5.11 Å². The van der Waals surface area contributed by atoms with E-state index in [9.17, 15) is 0 Å². The van der Waals surface area contributed by atoms with Gasteiger partial charge in [0.25, 0.3) is 0 Å². The van der Waals surface area contributed by atoms with Crippen LogP contribution >= 0.6 is 0 Å². The summed E-state index contributed by atoms with van der Waals surface area (Å²) < 4.78 is 0. The molecule has 0 aliphatic carbocycles. The fourth-order valence-corrected chi connectivity index (χ4v) is 2.93. The zero-order chi connectivity index (χ0) is 10.8. The maximum atomic E-state index is 8.94. The van der Waals surface area contributed by atoms with Crippen LogP contribution in [0.4, 0.5) is 0 Å². The van der Waals surface area contributed by atoms with E-state index in [0.717, 1.165) is 24.5 Å². The number of fused-ring (bicyclic) bond motifs is 2. The van der Waals surface area contributed by atoms with Crippen molar-refractivity contribution in [3.05, 3.63) is 0 Å². The highest BCUT2D eigenvalue weighted by atomic mass is 16.3. The van der Waals surface area contributed by atoms with E-state index in [2.05, 4.69) is 23.6 Å². The molecule has 2 heterocycles. The Morgan fingerprint density at radius 2 is 1.73 bits per heavy atom. The molecule has 0 aromatic heterocycles. The second kappa shape index (κ2) is 4.81. The van der Waals surface area contributed by atoms with Gasteiger partial charge in [-0.1, -0.05) is 13.8 Å². The summed E-state index contributed by atoms with van der Waals surface area (Å²) in [6, 6.07) is 1.51. The molecular weight excluding hydrogens is 188 g/mol. The first kappa shape index (κ1) is 11.4. The molecule has 0 radical (unpaired) electrons. The highest BCUT2D eigenvalue weighted by molar-refractivity contribution is 4.99. The number of piperazine rings is 1. The third-order valence-corrected chi connectivity index (χ3v) is 3.85. The molecule has 2 bridgehead atoms. The van der Waals surface area contributed by atoms with Crippen LogP contribution in [0.25, 0.3) is 0 Å². The summed E-state index contributed by atoms with van der Waals surface area (Å²) in [6.07, 6.45) is 2.65. The van der Waals surface area contributed by atoms with Gasteiger partial charge in [0.1, 0.15) is 0 Å².